The maximum absolute atomic E-state index is 12.5. The van der Waals surface area contributed by atoms with Gasteiger partial charge in [-0.15, -0.1) is 0 Å². The average molecular weight is 437 g/mol. The minimum Gasteiger partial charge on any atom is -0.491 e. The summed E-state index contributed by atoms with van der Waals surface area (Å²) in [6, 6.07) is 20.0. The molecule has 2 aromatic heterocycles. The van der Waals surface area contributed by atoms with Gasteiger partial charge >= 0.3 is 0 Å². The molecule has 0 radical (unpaired) electrons. The van der Waals surface area contributed by atoms with Crippen molar-refractivity contribution in [3.8, 4) is 5.75 Å². The van der Waals surface area contributed by atoms with E-state index in [1.54, 1.807) is 18.2 Å². The van der Waals surface area contributed by atoms with Crippen LogP contribution < -0.4 is 10.3 Å². The van der Waals surface area contributed by atoms with Crippen LogP contribution >= 0.6 is 0 Å². The highest BCUT2D eigenvalue weighted by Crippen LogP contribution is 2.19. The Morgan fingerprint density at radius 2 is 1.87 bits per heavy atom. The molecule has 7 heteroatoms. The number of ether oxygens (including phenoxy) is 1. The first-order valence-electron chi connectivity index (χ1n) is 10.1. The summed E-state index contributed by atoms with van der Waals surface area (Å²) < 4.78 is 18.2. The Morgan fingerprint density at radius 3 is 2.71 bits per heavy atom. The summed E-state index contributed by atoms with van der Waals surface area (Å²) in [4.78, 5) is 18.1. The van der Waals surface area contributed by atoms with E-state index in [9.17, 15) is 14.1 Å². The molecule has 4 aromatic rings. The third-order valence-corrected chi connectivity index (χ3v) is 6.44. The van der Waals surface area contributed by atoms with Crippen molar-refractivity contribution in [2.45, 2.75) is 23.8 Å². The van der Waals surface area contributed by atoms with Gasteiger partial charge in [-0.2, -0.15) is 0 Å². The molecule has 2 heterocycles. The Bertz CT molecular complexity index is 1230. The van der Waals surface area contributed by atoms with Crippen LogP contribution in [0.4, 0.5) is 0 Å². The van der Waals surface area contributed by atoms with Gasteiger partial charge in [-0.05, 0) is 54.4 Å². The van der Waals surface area contributed by atoms with Gasteiger partial charge in [0.1, 0.15) is 12.4 Å². The van der Waals surface area contributed by atoms with E-state index in [1.165, 1.54) is 6.07 Å². The molecule has 0 amide bonds. The van der Waals surface area contributed by atoms with Crippen molar-refractivity contribution >= 4 is 21.7 Å². The molecule has 2 atom stereocenters. The number of hydrogen-bond acceptors (Lipinski definition) is 4. The summed E-state index contributed by atoms with van der Waals surface area (Å²) in [5, 5.41) is 11.3. The molecule has 2 aromatic carbocycles. The summed E-state index contributed by atoms with van der Waals surface area (Å²) in [6.45, 7) is 0.142. The first kappa shape index (κ1) is 21.1. The number of aromatic amines is 2. The molecule has 3 N–H and O–H groups in total. The highest BCUT2D eigenvalue weighted by atomic mass is 32.2. The summed E-state index contributed by atoms with van der Waals surface area (Å²) >= 11 is 0. The van der Waals surface area contributed by atoms with E-state index in [2.05, 4.69) is 9.97 Å². The molecular formula is C24H24N2O4S. The minimum atomic E-state index is -1.05. The number of benzene rings is 2. The maximum atomic E-state index is 12.5. The molecule has 0 aliphatic carbocycles. The lowest BCUT2D eigenvalue weighted by Crippen LogP contribution is -2.21. The van der Waals surface area contributed by atoms with Gasteiger partial charge in [-0.25, -0.2) is 0 Å². The molecule has 0 saturated carbocycles. The summed E-state index contributed by atoms with van der Waals surface area (Å²) in [5.74, 6) is 1.16. The van der Waals surface area contributed by atoms with Crippen LogP contribution in [0.1, 0.15) is 11.3 Å². The molecule has 0 fully saturated rings. The topological polar surface area (TPSA) is 95.2 Å². The molecule has 160 valence electrons. The Kier molecular flexibility index (Phi) is 6.64. The largest absolute Gasteiger partial charge is 0.491 e. The Labute approximate surface area is 182 Å². The number of aromatic nitrogens is 2. The zero-order chi connectivity index (χ0) is 21.6. The molecule has 31 heavy (non-hydrogen) atoms. The molecule has 6 nitrogen and oxygen atoms in total. The second-order valence-corrected chi connectivity index (χ2v) is 8.91. The lowest BCUT2D eigenvalue weighted by atomic mass is 10.1. The molecule has 0 aliphatic rings. The van der Waals surface area contributed by atoms with Crippen LogP contribution in [0.15, 0.2) is 82.6 Å². The predicted octanol–water partition coefficient (Wildman–Crippen LogP) is 3.19. The normalized spacial score (nSPS) is 13.2. The average Bonchev–Trinajstić information content (AvgIpc) is 3.23. The molecular weight excluding hydrogens is 412 g/mol. The predicted molar refractivity (Wildman–Crippen MR) is 122 cm³/mol. The molecule has 0 aliphatic heterocycles. The third-order valence-electron chi connectivity index (χ3n) is 5.07. The second-order valence-electron chi connectivity index (χ2n) is 7.33. The quantitative estimate of drug-likeness (QED) is 0.376. The molecule has 0 spiro atoms. The Hall–Kier alpha value is -3.16. The van der Waals surface area contributed by atoms with Gasteiger partial charge in [0.05, 0.1) is 16.9 Å². The SMILES string of the molecule is O=c1ccc2cc(OCC(O)Cc3[nH]ccc3CCS(=O)c3ccccc3)ccc2[nH]1. The second kappa shape index (κ2) is 9.76. The lowest BCUT2D eigenvalue weighted by molar-refractivity contribution is 0.107. The van der Waals surface area contributed by atoms with Crippen LogP contribution in [0, 0.1) is 0 Å². The van der Waals surface area contributed by atoms with E-state index in [0.29, 0.717) is 24.3 Å². The summed E-state index contributed by atoms with van der Waals surface area (Å²) in [5.41, 5.74) is 2.57. The van der Waals surface area contributed by atoms with Crippen LogP contribution in [0.5, 0.6) is 5.75 Å². The van der Waals surface area contributed by atoms with Crippen molar-refractivity contribution in [3.05, 3.63) is 94.5 Å². The minimum absolute atomic E-state index is 0.142. The number of fused-ring (bicyclic) bond motifs is 1. The number of aliphatic hydroxyl groups excluding tert-OH is 1. The number of hydrogen-bond donors (Lipinski definition) is 3. The van der Waals surface area contributed by atoms with Gasteiger partial charge in [0.2, 0.25) is 5.56 Å². The standard InChI is InChI=1S/C24H24N2O4S/c27-19(16-30-20-7-8-22-18(14-20)6-9-24(28)26-22)15-23-17(10-12-25-23)11-13-31(29)21-4-2-1-3-5-21/h1-10,12,14,19,25,27H,11,13,15-16H2,(H,26,28). The number of nitrogens with one attached hydrogen (secondary N) is 2. The molecule has 4 rings (SSSR count). The fourth-order valence-electron chi connectivity index (χ4n) is 3.46. The molecule has 0 saturated heterocycles. The van der Waals surface area contributed by atoms with Gasteiger partial charge in [0.15, 0.2) is 0 Å². The maximum Gasteiger partial charge on any atom is 0.248 e. The first-order valence-corrected chi connectivity index (χ1v) is 11.4. The smallest absolute Gasteiger partial charge is 0.248 e. The van der Waals surface area contributed by atoms with Crippen molar-refractivity contribution in [3.63, 3.8) is 0 Å². The van der Waals surface area contributed by atoms with E-state index in [0.717, 1.165) is 27.1 Å². The van der Waals surface area contributed by atoms with Crippen LogP contribution in [-0.4, -0.2) is 37.7 Å². The number of aryl methyl sites for hydroxylation is 1. The van der Waals surface area contributed by atoms with Crippen LogP contribution in [0.3, 0.4) is 0 Å². The van der Waals surface area contributed by atoms with Gasteiger partial charge in [0.25, 0.3) is 0 Å². The number of aliphatic hydroxyl groups is 1. The van der Waals surface area contributed by atoms with Gasteiger partial charge < -0.3 is 19.8 Å². The van der Waals surface area contributed by atoms with Crippen molar-refractivity contribution in [2.24, 2.45) is 0 Å². The van der Waals surface area contributed by atoms with E-state index in [-0.39, 0.29) is 12.2 Å². The van der Waals surface area contributed by atoms with E-state index >= 15 is 0 Å². The van der Waals surface area contributed by atoms with Crippen LogP contribution in [0.25, 0.3) is 10.9 Å². The summed E-state index contributed by atoms with van der Waals surface area (Å²) in [7, 11) is -1.05. The Morgan fingerprint density at radius 1 is 1.03 bits per heavy atom. The van der Waals surface area contributed by atoms with Crippen LogP contribution in [-0.2, 0) is 23.6 Å². The van der Waals surface area contributed by atoms with Crippen molar-refractivity contribution in [1.29, 1.82) is 0 Å². The highest BCUT2D eigenvalue weighted by molar-refractivity contribution is 7.85. The zero-order valence-corrected chi connectivity index (χ0v) is 17.7. The fourth-order valence-corrected chi connectivity index (χ4v) is 4.56. The lowest BCUT2D eigenvalue weighted by Gasteiger charge is -2.13. The van der Waals surface area contributed by atoms with E-state index in [4.69, 9.17) is 4.74 Å². The number of rotatable bonds is 9. The fraction of sp³-hybridized carbons (Fsp3) is 0.208. The number of H-pyrrole nitrogens is 2. The van der Waals surface area contributed by atoms with Gasteiger partial charge in [-0.1, -0.05) is 18.2 Å². The highest BCUT2D eigenvalue weighted by Gasteiger charge is 2.13. The first-order chi connectivity index (χ1) is 15.1. The Balaban J connectivity index is 1.31. The molecule has 0 bridgehead atoms. The molecule has 2 unspecified atom stereocenters. The summed E-state index contributed by atoms with van der Waals surface area (Å²) in [6.07, 6.45) is 2.23. The van der Waals surface area contributed by atoms with Crippen molar-refractivity contribution < 1.29 is 14.1 Å². The monoisotopic (exact) mass is 436 g/mol. The van der Waals surface area contributed by atoms with Gasteiger partial charge in [0, 0.05) is 45.9 Å². The van der Waals surface area contributed by atoms with Crippen molar-refractivity contribution in [1.82, 2.24) is 9.97 Å². The number of pyridine rings is 1. The van der Waals surface area contributed by atoms with E-state index in [1.807, 2.05) is 48.7 Å². The van der Waals surface area contributed by atoms with Crippen molar-refractivity contribution in [2.75, 3.05) is 12.4 Å². The van der Waals surface area contributed by atoms with Gasteiger partial charge in [-0.3, -0.25) is 9.00 Å². The zero-order valence-electron chi connectivity index (χ0n) is 16.9. The van der Waals surface area contributed by atoms with Crippen LogP contribution in [0.2, 0.25) is 0 Å². The van der Waals surface area contributed by atoms with E-state index < -0.39 is 16.9 Å². The third kappa shape index (κ3) is 5.51.